The van der Waals surface area contributed by atoms with Crippen LogP contribution in [0.25, 0.3) is 11.3 Å². The number of carbonyl (C=O) groups excluding carboxylic acids is 1. The summed E-state index contributed by atoms with van der Waals surface area (Å²) in [5.41, 5.74) is 7.94. The van der Waals surface area contributed by atoms with E-state index in [0.29, 0.717) is 12.2 Å². The zero-order valence-electron chi connectivity index (χ0n) is 19.0. The number of amides is 1. The molecular weight excluding hydrogens is 639 g/mol. The molecule has 6 nitrogen and oxygen atoms in total. The highest BCUT2D eigenvalue weighted by Gasteiger charge is 2.10. The van der Waals surface area contributed by atoms with E-state index in [1.165, 1.54) is 16.9 Å². The number of benzene rings is 3. The van der Waals surface area contributed by atoms with Crippen LogP contribution in [0.2, 0.25) is 0 Å². The standard InChI is InChI=1S/C26H22BrIN4O2S/c1-3-34-24-21(27)12-17(13-22(24)28)14-29-32-25(33)19-8-6-18(7-9-19)23-15-35-26(31-23)30-20-10-4-16(2)5-11-20/h4-15H,3H2,1-2H3,(H,30,31)(H,32,33)/b29-14-. The van der Waals surface area contributed by atoms with Crippen LogP contribution in [0.15, 0.2) is 75.6 Å². The van der Waals surface area contributed by atoms with Gasteiger partial charge in [-0.2, -0.15) is 5.10 Å². The van der Waals surface area contributed by atoms with Crippen molar-refractivity contribution in [2.45, 2.75) is 13.8 Å². The molecule has 0 fully saturated rings. The molecule has 0 spiro atoms. The van der Waals surface area contributed by atoms with Gasteiger partial charge >= 0.3 is 0 Å². The van der Waals surface area contributed by atoms with E-state index in [2.05, 4.69) is 78.4 Å². The summed E-state index contributed by atoms with van der Waals surface area (Å²) in [5.74, 6) is 0.514. The Morgan fingerprint density at radius 3 is 2.60 bits per heavy atom. The first-order valence-corrected chi connectivity index (χ1v) is 13.5. The topological polar surface area (TPSA) is 75.6 Å². The van der Waals surface area contributed by atoms with Gasteiger partial charge in [0, 0.05) is 22.2 Å². The molecule has 1 heterocycles. The number of nitrogens with zero attached hydrogens (tertiary/aromatic N) is 2. The third-order valence-electron chi connectivity index (χ3n) is 4.94. The summed E-state index contributed by atoms with van der Waals surface area (Å²) >= 11 is 7.26. The van der Waals surface area contributed by atoms with Crippen LogP contribution >= 0.6 is 49.9 Å². The molecule has 178 valence electrons. The average molecular weight is 661 g/mol. The zero-order chi connectivity index (χ0) is 24.8. The summed E-state index contributed by atoms with van der Waals surface area (Å²) in [6.07, 6.45) is 1.60. The lowest BCUT2D eigenvalue weighted by Gasteiger charge is -2.09. The van der Waals surface area contributed by atoms with Gasteiger partial charge in [-0.3, -0.25) is 4.79 Å². The molecule has 9 heteroatoms. The Kier molecular flexibility index (Phi) is 8.53. The molecular formula is C26H22BrIN4O2S. The van der Waals surface area contributed by atoms with Gasteiger partial charge in [0.25, 0.3) is 5.91 Å². The number of nitrogens with one attached hydrogen (secondary N) is 2. The predicted octanol–water partition coefficient (Wildman–Crippen LogP) is 7.39. The van der Waals surface area contributed by atoms with Crippen molar-refractivity contribution in [1.29, 1.82) is 0 Å². The van der Waals surface area contributed by atoms with E-state index in [1.807, 2.05) is 48.7 Å². The van der Waals surface area contributed by atoms with Gasteiger partial charge in [-0.15, -0.1) is 11.3 Å². The smallest absolute Gasteiger partial charge is 0.271 e. The van der Waals surface area contributed by atoms with Crippen LogP contribution in [0.3, 0.4) is 0 Å². The van der Waals surface area contributed by atoms with E-state index in [4.69, 9.17) is 4.74 Å². The molecule has 0 aliphatic heterocycles. The van der Waals surface area contributed by atoms with E-state index in [9.17, 15) is 4.79 Å². The first-order chi connectivity index (χ1) is 16.9. The minimum absolute atomic E-state index is 0.285. The van der Waals surface area contributed by atoms with Gasteiger partial charge < -0.3 is 10.1 Å². The maximum Gasteiger partial charge on any atom is 0.271 e. The number of halogens is 2. The van der Waals surface area contributed by atoms with E-state index in [-0.39, 0.29) is 5.91 Å². The SMILES string of the molecule is CCOc1c(Br)cc(/C=N\NC(=O)c2ccc(-c3csc(Nc4ccc(C)cc4)n3)cc2)cc1I. The monoisotopic (exact) mass is 660 g/mol. The quantitative estimate of drug-likeness (QED) is 0.117. The average Bonchev–Trinajstić information content (AvgIpc) is 3.31. The van der Waals surface area contributed by atoms with Gasteiger partial charge in [-0.05, 0) is 94.3 Å². The van der Waals surface area contributed by atoms with Crippen molar-refractivity contribution < 1.29 is 9.53 Å². The number of hydrogen-bond donors (Lipinski definition) is 2. The van der Waals surface area contributed by atoms with Gasteiger partial charge in [-0.25, -0.2) is 10.4 Å². The number of hydrogen-bond acceptors (Lipinski definition) is 6. The van der Waals surface area contributed by atoms with Gasteiger partial charge in [0.1, 0.15) is 5.75 Å². The van der Waals surface area contributed by atoms with Gasteiger partial charge in [0.2, 0.25) is 0 Å². The Morgan fingerprint density at radius 2 is 1.91 bits per heavy atom. The summed E-state index contributed by atoms with van der Waals surface area (Å²) in [4.78, 5) is 17.2. The second-order valence-corrected chi connectivity index (χ2v) is 10.4. The van der Waals surface area contributed by atoms with Crippen molar-refractivity contribution in [2.24, 2.45) is 5.10 Å². The molecule has 0 saturated carbocycles. The van der Waals surface area contributed by atoms with Crippen LogP contribution in [-0.4, -0.2) is 23.7 Å². The largest absolute Gasteiger partial charge is 0.492 e. The number of ether oxygens (including phenoxy) is 1. The van der Waals surface area contributed by atoms with Gasteiger partial charge in [-0.1, -0.05) is 29.8 Å². The van der Waals surface area contributed by atoms with Gasteiger partial charge in [0.05, 0.1) is 26.6 Å². The highest BCUT2D eigenvalue weighted by Crippen LogP contribution is 2.31. The van der Waals surface area contributed by atoms with E-state index >= 15 is 0 Å². The highest BCUT2D eigenvalue weighted by atomic mass is 127. The van der Waals surface area contributed by atoms with Crippen molar-refractivity contribution >= 4 is 72.8 Å². The molecule has 0 aliphatic carbocycles. The molecule has 0 atom stereocenters. The van der Waals surface area contributed by atoms with E-state index < -0.39 is 0 Å². The molecule has 1 aromatic heterocycles. The lowest BCUT2D eigenvalue weighted by molar-refractivity contribution is 0.0955. The van der Waals surface area contributed by atoms with Crippen molar-refractivity contribution in [3.05, 3.63) is 90.8 Å². The lowest BCUT2D eigenvalue weighted by Crippen LogP contribution is -2.17. The second kappa shape index (κ2) is 11.8. The van der Waals surface area contributed by atoms with Crippen LogP contribution in [-0.2, 0) is 0 Å². The normalized spacial score (nSPS) is 11.0. The van der Waals surface area contributed by atoms with Crippen molar-refractivity contribution in [1.82, 2.24) is 10.4 Å². The van der Waals surface area contributed by atoms with Crippen LogP contribution in [0.4, 0.5) is 10.8 Å². The number of aryl methyl sites for hydroxylation is 1. The Morgan fingerprint density at radius 1 is 1.17 bits per heavy atom. The first kappa shape index (κ1) is 25.3. The van der Waals surface area contributed by atoms with Crippen LogP contribution in [0.5, 0.6) is 5.75 Å². The fourth-order valence-electron chi connectivity index (χ4n) is 3.18. The zero-order valence-corrected chi connectivity index (χ0v) is 23.6. The fourth-order valence-corrected chi connectivity index (χ4v) is 5.69. The van der Waals surface area contributed by atoms with Crippen LogP contribution in [0, 0.1) is 10.5 Å². The number of hydrazone groups is 1. The number of carbonyl (C=O) groups is 1. The summed E-state index contributed by atoms with van der Waals surface area (Å²) in [6.45, 7) is 4.59. The predicted molar refractivity (Wildman–Crippen MR) is 155 cm³/mol. The second-order valence-electron chi connectivity index (χ2n) is 7.55. The number of anilines is 2. The minimum Gasteiger partial charge on any atom is -0.492 e. The molecule has 4 rings (SSSR count). The molecule has 3 aromatic carbocycles. The third-order valence-corrected chi connectivity index (χ3v) is 7.09. The van der Waals surface area contributed by atoms with Gasteiger partial charge in [0.15, 0.2) is 5.13 Å². The molecule has 0 unspecified atom stereocenters. The summed E-state index contributed by atoms with van der Waals surface area (Å²) in [5, 5.41) is 10.2. The summed E-state index contributed by atoms with van der Waals surface area (Å²) < 4.78 is 7.42. The third kappa shape index (κ3) is 6.68. The van der Waals surface area contributed by atoms with Crippen LogP contribution < -0.4 is 15.5 Å². The molecule has 2 N–H and O–H groups in total. The molecule has 4 aromatic rings. The Balaban J connectivity index is 1.37. The lowest BCUT2D eigenvalue weighted by atomic mass is 10.1. The minimum atomic E-state index is -0.285. The molecule has 0 saturated heterocycles. The van der Waals surface area contributed by atoms with Crippen molar-refractivity contribution in [2.75, 3.05) is 11.9 Å². The van der Waals surface area contributed by atoms with E-state index in [1.54, 1.807) is 18.3 Å². The summed E-state index contributed by atoms with van der Waals surface area (Å²) in [6, 6.07) is 19.3. The first-order valence-electron chi connectivity index (χ1n) is 10.8. The van der Waals surface area contributed by atoms with E-state index in [0.717, 1.165) is 41.4 Å². The highest BCUT2D eigenvalue weighted by molar-refractivity contribution is 14.1. The number of thiazole rings is 1. The van der Waals surface area contributed by atoms with Crippen molar-refractivity contribution in [3.63, 3.8) is 0 Å². The Bertz CT molecular complexity index is 1330. The maximum atomic E-state index is 12.5. The molecule has 0 radical (unpaired) electrons. The molecule has 35 heavy (non-hydrogen) atoms. The summed E-state index contributed by atoms with van der Waals surface area (Å²) in [7, 11) is 0. The van der Waals surface area contributed by atoms with Crippen molar-refractivity contribution in [3.8, 4) is 17.0 Å². The Hall–Kier alpha value is -2.76. The fraction of sp³-hybridized carbons (Fsp3) is 0.115. The maximum absolute atomic E-state index is 12.5. The number of aromatic nitrogens is 1. The molecule has 0 aliphatic rings. The van der Waals surface area contributed by atoms with Crippen LogP contribution in [0.1, 0.15) is 28.4 Å². The molecule has 0 bridgehead atoms. The number of rotatable bonds is 8. The Labute approximate surface area is 230 Å². The molecule has 1 amide bonds.